The molecule has 1 N–H and O–H groups in total. The maximum atomic E-state index is 12.7. The molecule has 13 heteroatoms. The van der Waals surface area contributed by atoms with Crippen LogP contribution < -0.4 is 19.1 Å². The zero-order valence-electron chi connectivity index (χ0n) is 20.0. The fourth-order valence-electron chi connectivity index (χ4n) is 3.91. The molecule has 0 unspecified atom stereocenters. The summed E-state index contributed by atoms with van der Waals surface area (Å²) in [5.41, 5.74) is 1.28. The van der Waals surface area contributed by atoms with E-state index in [9.17, 15) is 21.6 Å². The fourth-order valence-corrected chi connectivity index (χ4v) is 6.23. The van der Waals surface area contributed by atoms with E-state index in [2.05, 4.69) is 5.32 Å². The number of sulfonamides is 2. The van der Waals surface area contributed by atoms with Crippen molar-refractivity contribution in [2.75, 3.05) is 56.6 Å². The number of rotatable bonds is 8. The highest BCUT2D eigenvalue weighted by Crippen LogP contribution is 2.35. The number of carbonyl (C=O) groups is 1. The number of nitrogens with zero attached hydrogens (tertiary/aromatic N) is 2. The lowest BCUT2D eigenvalue weighted by Crippen LogP contribution is -2.51. The summed E-state index contributed by atoms with van der Waals surface area (Å²) >= 11 is 0. The molecule has 1 atom stereocenters. The van der Waals surface area contributed by atoms with Gasteiger partial charge in [-0.2, -0.15) is 4.31 Å². The molecule has 196 valence electrons. The Morgan fingerprint density at radius 2 is 1.78 bits per heavy atom. The Hall–Kier alpha value is -2.87. The number of amides is 1. The van der Waals surface area contributed by atoms with E-state index in [0.29, 0.717) is 43.5 Å². The predicted octanol–water partition coefficient (Wildman–Crippen LogP) is 0.738. The van der Waals surface area contributed by atoms with Crippen LogP contribution in [0.5, 0.6) is 11.5 Å². The van der Waals surface area contributed by atoms with Crippen molar-refractivity contribution in [1.82, 2.24) is 9.62 Å². The normalized spacial score (nSPS) is 18.7. The van der Waals surface area contributed by atoms with Crippen molar-refractivity contribution >= 4 is 31.6 Å². The molecule has 0 aliphatic carbocycles. The number of hydrogen-bond acceptors (Lipinski definition) is 8. The first-order valence-electron chi connectivity index (χ1n) is 11.4. The SMILES string of the molecule is Cc1ccc2c(c1)N(S(C)(=O)=O)C[C@@H](C(=O)NCCOc1ccc(S(=O)(=O)N3CCOCC3)cc1)O2. The molecule has 0 bridgehead atoms. The standard InChI is InChI=1S/C23H29N3O8S2/c1-17-3-8-21-20(15-17)26(35(2,28)29)16-22(34-21)23(27)24-9-12-33-18-4-6-19(7-5-18)36(30,31)25-10-13-32-14-11-25/h3-8,15,22H,9-14,16H2,1-2H3,(H,24,27)/t22-/m0/s1. The molecule has 1 amide bonds. The van der Waals surface area contributed by atoms with Crippen LogP contribution in [-0.4, -0.2) is 85.4 Å². The van der Waals surface area contributed by atoms with E-state index in [0.717, 1.165) is 11.8 Å². The number of anilines is 1. The summed E-state index contributed by atoms with van der Waals surface area (Å²) in [4.78, 5) is 12.8. The molecular weight excluding hydrogens is 510 g/mol. The number of benzene rings is 2. The van der Waals surface area contributed by atoms with Crippen molar-refractivity contribution in [3.05, 3.63) is 48.0 Å². The summed E-state index contributed by atoms with van der Waals surface area (Å²) in [6, 6.07) is 11.2. The monoisotopic (exact) mass is 539 g/mol. The first kappa shape index (κ1) is 26.2. The summed E-state index contributed by atoms with van der Waals surface area (Å²) in [6.45, 7) is 3.35. The molecule has 36 heavy (non-hydrogen) atoms. The second-order valence-electron chi connectivity index (χ2n) is 8.50. The third kappa shape index (κ3) is 5.91. The van der Waals surface area contributed by atoms with Crippen molar-refractivity contribution in [3.63, 3.8) is 0 Å². The largest absolute Gasteiger partial charge is 0.492 e. The van der Waals surface area contributed by atoms with Gasteiger partial charge in [-0.1, -0.05) is 6.07 Å². The number of carbonyl (C=O) groups excluding carboxylic acids is 1. The van der Waals surface area contributed by atoms with Gasteiger partial charge in [-0.05, 0) is 48.9 Å². The van der Waals surface area contributed by atoms with Gasteiger partial charge in [-0.25, -0.2) is 16.8 Å². The highest BCUT2D eigenvalue weighted by Gasteiger charge is 2.35. The molecule has 0 aromatic heterocycles. The van der Waals surface area contributed by atoms with Gasteiger partial charge in [0.15, 0.2) is 6.10 Å². The topological polar surface area (TPSA) is 132 Å². The van der Waals surface area contributed by atoms with Crippen molar-refractivity contribution < 1.29 is 35.8 Å². The van der Waals surface area contributed by atoms with E-state index in [1.165, 1.54) is 20.7 Å². The molecule has 1 fully saturated rings. The lowest BCUT2D eigenvalue weighted by atomic mass is 10.1. The summed E-state index contributed by atoms with van der Waals surface area (Å²) in [6.07, 6.45) is 0.0737. The highest BCUT2D eigenvalue weighted by atomic mass is 32.2. The van der Waals surface area contributed by atoms with Gasteiger partial charge >= 0.3 is 0 Å². The Morgan fingerprint density at radius 1 is 1.08 bits per heavy atom. The van der Waals surface area contributed by atoms with Gasteiger partial charge in [0.05, 0.1) is 43.1 Å². The average Bonchev–Trinajstić information content (AvgIpc) is 2.86. The van der Waals surface area contributed by atoms with Gasteiger partial charge in [0.2, 0.25) is 20.0 Å². The van der Waals surface area contributed by atoms with E-state index >= 15 is 0 Å². The first-order valence-corrected chi connectivity index (χ1v) is 14.7. The Kier molecular flexibility index (Phi) is 7.73. The van der Waals surface area contributed by atoms with Crippen molar-refractivity contribution in [3.8, 4) is 11.5 Å². The van der Waals surface area contributed by atoms with Crippen LogP contribution >= 0.6 is 0 Å². The number of nitrogens with one attached hydrogen (secondary N) is 1. The van der Waals surface area contributed by atoms with Crippen LogP contribution in [0.25, 0.3) is 0 Å². The summed E-state index contributed by atoms with van der Waals surface area (Å²) < 4.78 is 69.1. The van der Waals surface area contributed by atoms with Crippen LogP contribution in [0, 0.1) is 6.92 Å². The molecular formula is C23H29N3O8S2. The molecule has 0 radical (unpaired) electrons. The summed E-state index contributed by atoms with van der Waals surface area (Å²) in [7, 11) is -7.19. The maximum Gasteiger partial charge on any atom is 0.263 e. The van der Waals surface area contributed by atoms with Gasteiger partial charge in [0.25, 0.3) is 5.91 Å². The molecule has 2 aromatic rings. The van der Waals surface area contributed by atoms with Crippen molar-refractivity contribution in [2.24, 2.45) is 0 Å². The fraction of sp³-hybridized carbons (Fsp3) is 0.435. The second kappa shape index (κ2) is 10.6. The van der Waals surface area contributed by atoms with Gasteiger partial charge in [-0.3, -0.25) is 9.10 Å². The molecule has 11 nitrogen and oxygen atoms in total. The van der Waals surface area contributed by atoms with Gasteiger partial charge in [-0.15, -0.1) is 0 Å². The summed E-state index contributed by atoms with van der Waals surface area (Å²) in [5.74, 6) is 0.304. The number of hydrogen-bond donors (Lipinski definition) is 1. The zero-order valence-corrected chi connectivity index (χ0v) is 21.7. The molecule has 2 heterocycles. The lowest BCUT2D eigenvalue weighted by molar-refractivity contribution is -0.127. The Balaban J connectivity index is 1.30. The molecule has 1 saturated heterocycles. The number of fused-ring (bicyclic) bond motifs is 1. The van der Waals surface area contributed by atoms with Gasteiger partial charge in [0.1, 0.15) is 18.1 Å². The molecule has 0 spiro atoms. The Morgan fingerprint density at radius 3 is 2.44 bits per heavy atom. The highest BCUT2D eigenvalue weighted by molar-refractivity contribution is 7.92. The minimum absolute atomic E-state index is 0.125. The third-order valence-corrected chi connectivity index (χ3v) is 8.84. The Bertz CT molecular complexity index is 1310. The predicted molar refractivity (Wildman–Crippen MR) is 132 cm³/mol. The van der Waals surface area contributed by atoms with Crippen molar-refractivity contribution in [1.29, 1.82) is 0 Å². The Labute approximate surface area is 211 Å². The zero-order chi connectivity index (χ0) is 25.9. The number of morpholine rings is 1. The molecule has 0 saturated carbocycles. The molecule has 2 aliphatic heterocycles. The smallest absolute Gasteiger partial charge is 0.263 e. The van der Waals surface area contributed by atoms with E-state index in [4.69, 9.17) is 14.2 Å². The van der Waals surface area contributed by atoms with E-state index < -0.39 is 32.1 Å². The number of aryl methyl sites for hydroxylation is 1. The molecule has 4 rings (SSSR count). The minimum Gasteiger partial charge on any atom is -0.492 e. The second-order valence-corrected chi connectivity index (χ2v) is 12.3. The van der Waals surface area contributed by atoms with E-state index in [1.54, 1.807) is 30.3 Å². The quantitative estimate of drug-likeness (QED) is 0.486. The lowest BCUT2D eigenvalue weighted by Gasteiger charge is -2.34. The van der Waals surface area contributed by atoms with Crippen LogP contribution in [0.1, 0.15) is 5.56 Å². The van der Waals surface area contributed by atoms with Crippen LogP contribution in [0.4, 0.5) is 5.69 Å². The van der Waals surface area contributed by atoms with Crippen molar-refractivity contribution in [2.45, 2.75) is 17.9 Å². The molecule has 2 aromatic carbocycles. The van der Waals surface area contributed by atoms with Gasteiger partial charge in [0, 0.05) is 13.1 Å². The van der Waals surface area contributed by atoms with Gasteiger partial charge < -0.3 is 19.5 Å². The van der Waals surface area contributed by atoms with Crippen LogP contribution in [0.3, 0.4) is 0 Å². The minimum atomic E-state index is -3.61. The van der Waals surface area contributed by atoms with E-state index in [-0.39, 0.29) is 24.6 Å². The van der Waals surface area contributed by atoms with Crippen LogP contribution in [-0.2, 0) is 29.6 Å². The number of ether oxygens (including phenoxy) is 3. The molecule has 2 aliphatic rings. The summed E-state index contributed by atoms with van der Waals surface area (Å²) in [5, 5.41) is 2.69. The maximum absolute atomic E-state index is 12.7. The van der Waals surface area contributed by atoms with Crippen LogP contribution in [0.15, 0.2) is 47.4 Å². The third-order valence-electron chi connectivity index (χ3n) is 5.78. The average molecular weight is 540 g/mol. The van der Waals surface area contributed by atoms with Crippen LogP contribution in [0.2, 0.25) is 0 Å². The van der Waals surface area contributed by atoms with E-state index in [1.807, 2.05) is 6.92 Å². The first-order chi connectivity index (χ1) is 17.1.